The number of ether oxygens (including phenoxy) is 1. The van der Waals surface area contributed by atoms with Gasteiger partial charge in [0.2, 0.25) is 0 Å². The Hall–Kier alpha value is -0.120. The molecule has 0 aromatic carbocycles. The third-order valence-corrected chi connectivity index (χ3v) is 1.94. The van der Waals surface area contributed by atoms with Gasteiger partial charge in [0.1, 0.15) is 0 Å². The van der Waals surface area contributed by atoms with Gasteiger partial charge in [0.05, 0.1) is 6.61 Å². The lowest BCUT2D eigenvalue weighted by Gasteiger charge is -2.25. The van der Waals surface area contributed by atoms with Crippen LogP contribution < -0.4 is 5.73 Å². The van der Waals surface area contributed by atoms with Crippen molar-refractivity contribution in [3.8, 4) is 0 Å². The van der Waals surface area contributed by atoms with Gasteiger partial charge in [-0.15, -0.1) is 0 Å². The standard InChI is InChI=1S/C10H24N2O/c1-5-12(6-9(2)3)7-10(11)8-13-4/h9-10H,5-8,11H2,1-4H3. The van der Waals surface area contributed by atoms with Gasteiger partial charge >= 0.3 is 0 Å². The Morgan fingerprint density at radius 2 is 1.92 bits per heavy atom. The third kappa shape index (κ3) is 6.99. The molecule has 0 aliphatic rings. The topological polar surface area (TPSA) is 38.5 Å². The Bertz CT molecular complexity index is 117. The summed E-state index contributed by atoms with van der Waals surface area (Å²) in [5, 5.41) is 0. The number of nitrogens with zero attached hydrogens (tertiary/aromatic N) is 1. The summed E-state index contributed by atoms with van der Waals surface area (Å²) in [6.07, 6.45) is 0. The molecule has 0 bridgehead atoms. The molecule has 1 atom stereocenters. The molecule has 0 aliphatic carbocycles. The summed E-state index contributed by atoms with van der Waals surface area (Å²) in [6, 6.07) is 0.142. The number of nitrogens with two attached hydrogens (primary N) is 1. The van der Waals surface area contributed by atoms with Gasteiger partial charge in [-0.2, -0.15) is 0 Å². The Morgan fingerprint density at radius 3 is 2.31 bits per heavy atom. The van der Waals surface area contributed by atoms with E-state index in [0.717, 1.165) is 19.6 Å². The van der Waals surface area contributed by atoms with E-state index in [4.69, 9.17) is 10.5 Å². The summed E-state index contributed by atoms with van der Waals surface area (Å²) >= 11 is 0. The SMILES string of the molecule is CCN(CC(C)C)CC(N)COC. The Balaban J connectivity index is 3.69. The van der Waals surface area contributed by atoms with Crippen LogP contribution in [0.3, 0.4) is 0 Å². The molecule has 0 aromatic rings. The monoisotopic (exact) mass is 188 g/mol. The molecule has 80 valence electrons. The van der Waals surface area contributed by atoms with Crippen LogP contribution in [0.5, 0.6) is 0 Å². The van der Waals surface area contributed by atoms with Gasteiger partial charge in [0.25, 0.3) is 0 Å². The van der Waals surface area contributed by atoms with Crippen molar-refractivity contribution in [2.45, 2.75) is 26.8 Å². The molecule has 0 spiro atoms. The fraction of sp³-hybridized carbons (Fsp3) is 1.00. The minimum Gasteiger partial charge on any atom is -0.383 e. The van der Waals surface area contributed by atoms with Crippen molar-refractivity contribution in [3.05, 3.63) is 0 Å². The van der Waals surface area contributed by atoms with E-state index in [9.17, 15) is 0 Å². The van der Waals surface area contributed by atoms with Crippen molar-refractivity contribution < 1.29 is 4.74 Å². The molecule has 13 heavy (non-hydrogen) atoms. The maximum atomic E-state index is 5.87. The molecule has 0 amide bonds. The van der Waals surface area contributed by atoms with Crippen molar-refractivity contribution in [3.63, 3.8) is 0 Å². The van der Waals surface area contributed by atoms with Gasteiger partial charge in [-0.25, -0.2) is 0 Å². The van der Waals surface area contributed by atoms with E-state index in [-0.39, 0.29) is 6.04 Å². The minimum absolute atomic E-state index is 0.142. The lowest BCUT2D eigenvalue weighted by Crippen LogP contribution is -2.41. The first-order chi connectivity index (χ1) is 6.10. The minimum atomic E-state index is 0.142. The fourth-order valence-electron chi connectivity index (χ4n) is 1.45. The second-order valence-corrected chi connectivity index (χ2v) is 3.96. The van der Waals surface area contributed by atoms with E-state index in [0.29, 0.717) is 12.5 Å². The average molecular weight is 188 g/mol. The summed E-state index contributed by atoms with van der Waals surface area (Å²) in [6.45, 7) is 10.4. The quantitative estimate of drug-likeness (QED) is 0.646. The fourth-order valence-corrected chi connectivity index (χ4v) is 1.45. The molecule has 0 aromatic heterocycles. The molecule has 0 fully saturated rings. The maximum absolute atomic E-state index is 5.87. The highest BCUT2D eigenvalue weighted by atomic mass is 16.5. The first kappa shape index (κ1) is 12.9. The summed E-state index contributed by atoms with van der Waals surface area (Å²) in [5.74, 6) is 0.703. The van der Waals surface area contributed by atoms with Crippen molar-refractivity contribution >= 4 is 0 Å². The largest absolute Gasteiger partial charge is 0.383 e. The van der Waals surface area contributed by atoms with Crippen molar-refractivity contribution in [1.29, 1.82) is 0 Å². The molecule has 0 aliphatic heterocycles. The number of methoxy groups -OCH3 is 1. The summed E-state index contributed by atoms with van der Waals surface area (Å²) in [7, 11) is 1.69. The molecule has 0 radical (unpaired) electrons. The summed E-state index contributed by atoms with van der Waals surface area (Å²) < 4.78 is 5.00. The molecule has 3 nitrogen and oxygen atoms in total. The molecule has 0 rings (SSSR count). The molecular weight excluding hydrogens is 164 g/mol. The second kappa shape index (κ2) is 7.30. The van der Waals surface area contributed by atoms with E-state index in [1.54, 1.807) is 7.11 Å². The van der Waals surface area contributed by atoms with Gasteiger partial charge in [0, 0.05) is 26.2 Å². The van der Waals surface area contributed by atoms with Gasteiger partial charge in [0.15, 0.2) is 0 Å². The van der Waals surface area contributed by atoms with E-state index >= 15 is 0 Å². The van der Waals surface area contributed by atoms with Crippen LogP contribution in [0.1, 0.15) is 20.8 Å². The number of hydrogen-bond acceptors (Lipinski definition) is 3. The smallest absolute Gasteiger partial charge is 0.0626 e. The summed E-state index contributed by atoms with van der Waals surface area (Å²) in [4.78, 5) is 2.37. The van der Waals surface area contributed by atoms with Crippen molar-refractivity contribution in [2.75, 3.05) is 33.4 Å². The van der Waals surface area contributed by atoms with E-state index < -0.39 is 0 Å². The molecule has 1 unspecified atom stereocenters. The van der Waals surface area contributed by atoms with Crippen LogP contribution in [0.25, 0.3) is 0 Å². The Labute approximate surface area is 82.2 Å². The lowest BCUT2D eigenvalue weighted by atomic mass is 10.2. The molecule has 2 N–H and O–H groups in total. The van der Waals surface area contributed by atoms with E-state index in [1.807, 2.05) is 0 Å². The van der Waals surface area contributed by atoms with Gasteiger partial charge in [-0.05, 0) is 12.5 Å². The molecule has 0 heterocycles. The van der Waals surface area contributed by atoms with Crippen LogP contribution in [0.2, 0.25) is 0 Å². The zero-order valence-electron chi connectivity index (χ0n) is 9.42. The van der Waals surface area contributed by atoms with E-state index in [1.165, 1.54) is 0 Å². The first-order valence-corrected chi connectivity index (χ1v) is 5.07. The predicted molar refractivity (Wildman–Crippen MR) is 56.8 cm³/mol. The number of rotatable bonds is 7. The summed E-state index contributed by atoms with van der Waals surface area (Å²) in [5.41, 5.74) is 5.87. The average Bonchev–Trinajstić information content (AvgIpc) is 2.02. The van der Waals surface area contributed by atoms with Crippen molar-refractivity contribution in [1.82, 2.24) is 4.90 Å². The molecule has 0 saturated heterocycles. The van der Waals surface area contributed by atoms with Crippen LogP contribution in [0.4, 0.5) is 0 Å². The molecular formula is C10H24N2O. The third-order valence-electron chi connectivity index (χ3n) is 1.94. The zero-order valence-corrected chi connectivity index (χ0v) is 9.42. The number of likely N-dealkylation sites (N-methyl/N-ethyl adjacent to an activating group) is 1. The van der Waals surface area contributed by atoms with Crippen LogP contribution >= 0.6 is 0 Å². The maximum Gasteiger partial charge on any atom is 0.0626 e. The van der Waals surface area contributed by atoms with Gasteiger partial charge in [-0.3, -0.25) is 0 Å². The van der Waals surface area contributed by atoms with Crippen LogP contribution in [-0.2, 0) is 4.74 Å². The van der Waals surface area contributed by atoms with Gasteiger partial charge in [-0.1, -0.05) is 20.8 Å². The second-order valence-electron chi connectivity index (χ2n) is 3.96. The van der Waals surface area contributed by atoms with Crippen molar-refractivity contribution in [2.24, 2.45) is 11.7 Å². The molecule has 0 saturated carbocycles. The van der Waals surface area contributed by atoms with E-state index in [2.05, 4.69) is 25.7 Å². The first-order valence-electron chi connectivity index (χ1n) is 5.07. The highest BCUT2D eigenvalue weighted by molar-refractivity contribution is 4.67. The lowest BCUT2D eigenvalue weighted by molar-refractivity contribution is 0.150. The Kier molecular flexibility index (Phi) is 7.23. The Morgan fingerprint density at radius 1 is 1.31 bits per heavy atom. The normalized spacial score (nSPS) is 14.1. The van der Waals surface area contributed by atoms with Crippen LogP contribution in [-0.4, -0.2) is 44.3 Å². The molecule has 3 heteroatoms. The highest BCUT2D eigenvalue weighted by Crippen LogP contribution is 1.99. The number of hydrogen-bond donors (Lipinski definition) is 1. The van der Waals surface area contributed by atoms with Crippen LogP contribution in [0, 0.1) is 5.92 Å². The predicted octanol–water partition coefficient (Wildman–Crippen LogP) is 0.938. The highest BCUT2D eigenvalue weighted by Gasteiger charge is 2.09. The van der Waals surface area contributed by atoms with Gasteiger partial charge < -0.3 is 15.4 Å². The van der Waals surface area contributed by atoms with Crippen LogP contribution in [0.15, 0.2) is 0 Å². The zero-order chi connectivity index (χ0) is 10.3.